The highest BCUT2D eigenvalue weighted by atomic mass is 15.2. The van der Waals surface area contributed by atoms with E-state index < -0.39 is 0 Å². The van der Waals surface area contributed by atoms with E-state index in [1.807, 2.05) is 0 Å². The van der Waals surface area contributed by atoms with Crippen LogP contribution in [0.25, 0.3) is 0 Å². The number of nitrogens with zero attached hydrogens (tertiary/aromatic N) is 2. The lowest BCUT2D eigenvalue weighted by Gasteiger charge is -2.23. The van der Waals surface area contributed by atoms with Crippen LogP contribution in [0.1, 0.15) is 13.3 Å². The maximum absolute atomic E-state index is 4.48. The number of hydrogen-bond donors (Lipinski definition) is 0. The number of amidine groups is 1. The molecule has 1 heterocycles. The van der Waals surface area contributed by atoms with E-state index in [1.165, 1.54) is 11.3 Å². The Hall–Kier alpha value is -1.05. The lowest BCUT2D eigenvalue weighted by Crippen LogP contribution is -2.29. The third kappa shape index (κ3) is 0.985. The normalized spacial score (nSPS) is 22.4. The van der Waals surface area contributed by atoms with Gasteiger partial charge in [0, 0.05) is 20.0 Å². The molecular weight excluding hydrogens is 136 g/mol. The molecule has 2 heteroatoms. The first kappa shape index (κ1) is 6.65. The van der Waals surface area contributed by atoms with Gasteiger partial charge in [0.25, 0.3) is 0 Å². The third-order valence-electron chi connectivity index (χ3n) is 2.26. The first-order valence-electron chi connectivity index (χ1n) is 3.92. The van der Waals surface area contributed by atoms with Crippen LogP contribution in [0.2, 0.25) is 0 Å². The van der Waals surface area contributed by atoms with Gasteiger partial charge >= 0.3 is 0 Å². The average Bonchev–Trinajstić information content (AvgIpc) is 2.36. The summed E-state index contributed by atoms with van der Waals surface area (Å²) in [6.07, 6.45) is 5.39. The summed E-state index contributed by atoms with van der Waals surface area (Å²) < 4.78 is 0. The second kappa shape index (κ2) is 2.22. The summed E-state index contributed by atoms with van der Waals surface area (Å²) in [5, 5.41) is 0. The number of allylic oxidation sites excluding steroid dienone is 1. The predicted octanol–water partition coefficient (Wildman–Crippen LogP) is 1.56. The Morgan fingerprint density at radius 3 is 3.18 bits per heavy atom. The first-order valence-corrected chi connectivity index (χ1v) is 3.92. The minimum Gasteiger partial charge on any atom is -0.359 e. The Morgan fingerprint density at radius 2 is 2.36 bits per heavy atom. The maximum atomic E-state index is 4.48. The Morgan fingerprint density at radius 1 is 1.55 bits per heavy atom. The highest BCUT2D eigenvalue weighted by Gasteiger charge is 2.16. The SMILES string of the molecule is CC1=NC2=C(C=CC2)CN1C. The van der Waals surface area contributed by atoms with Crippen molar-refractivity contribution in [1.82, 2.24) is 4.90 Å². The molecule has 2 nitrogen and oxygen atoms in total. The summed E-state index contributed by atoms with van der Waals surface area (Å²) in [6, 6.07) is 0. The quantitative estimate of drug-likeness (QED) is 0.509. The fourth-order valence-corrected chi connectivity index (χ4v) is 1.45. The molecule has 58 valence electrons. The van der Waals surface area contributed by atoms with Crippen LogP contribution in [0.4, 0.5) is 0 Å². The van der Waals surface area contributed by atoms with Crippen LogP contribution in [0.3, 0.4) is 0 Å². The van der Waals surface area contributed by atoms with Crippen molar-refractivity contribution in [1.29, 1.82) is 0 Å². The van der Waals surface area contributed by atoms with Crippen molar-refractivity contribution in [3.8, 4) is 0 Å². The van der Waals surface area contributed by atoms with Gasteiger partial charge in [-0.25, -0.2) is 4.99 Å². The summed E-state index contributed by atoms with van der Waals surface area (Å²) >= 11 is 0. The van der Waals surface area contributed by atoms with E-state index in [0.717, 1.165) is 18.8 Å². The van der Waals surface area contributed by atoms with E-state index >= 15 is 0 Å². The molecule has 0 amide bonds. The zero-order valence-electron chi connectivity index (χ0n) is 6.96. The van der Waals surface area contributed by atoms with Crippen LogP contribution in [0.5, 0.6) is 0 Å². The van der Waals surface area contributed by atoms with Crippen LogP contribution in [0, 0.1) is 0 Å². The maximum Gasteiger partial charge on any atom is 0.101 e. The van der Waals surface area contributed by atoms with Gasteiger partial charge in [-0.1, -0.05) is 12.2 Å². The van der Waals surface area contributed by atoms with Gasteiger partial charge in [0.05, 0.1) is 5.70 Å². The van der Waals surface area contributed by atoms with Crippen LogP contribution in [-0.4, -0.2) is 24.3 Å². The predicted molar refractivity (Wildman–Crippen MR) is 46.5 cm³/mol. The topological polar surface area (TPSA) is 15.6 Å². The number of hydrogen-bond acceptors (Lipinski definition) is 2. The van der Waals surface area contributed by atoms with Crippen molar-refractivity contribution in [2.24, 2.45) is 4.99 Å². The molecule has 0 atom stereocenters. The van der Waals surface area contributed by atoms with E-state index in [0.29, 0.717) is 0 Å². The first-order chi connectivity index (χ1) is 5.27. The van der Waals surface area contributed by atoms with Crippen molar-refractivity contribution >= 4 is 5.84 Å². The summed E-state index contributed by atoms with van der Waals surface area (Å²) in [5.74, 6) is 1.13. The van der Waals surface area contributed by atoms with E-state index in [4.69, 9.17) is 0 Å². The standard InChI is InChI=1S/C9H12N2/c1-7-10-9-5-3-4-8(9)6-11(7)2/h3-4H,5-6H2,1-2H3. The highest BCUT2D eigenvalue weighted by molar-refractivity contribution is 5.82. The van der Waals surface area contributed by atoms with Gasteiger partial charge in [-0.2, -0.15) is 0 Å². The molecule has 0 aromatic heterocycles. The molecular formula is C9H12N2. The molecule has 0 bridgehead atoms. The van der Waals surface area contributed by atoms with E-state index in [-0.39, 0.29) is 0 Å². The van der Waals surface area contributed by atoms with Gasteiger partial charge in [0.15, 0.2) is 0 Å². The average molecular weight is 148 g/mol. The second-order valence-corrected chi connectivity index (χ2v) is 3.09. The Bertz CT molecular complexity index is 271. The molecule has 0 unspecified atom stereocenters. The molecule has 1 aliphatic heterocycles. The lowest BCUT2D eigenvalue weighted by molar-refractivity contribution is 0.538. The molecule has 0 saturated carbocycles. The number of rotatable bonds is 0. The minimum absolute atomic E-state index is 1.03. The zero-order valence-corrected chi connectivity index (χ0v) is 6.96. The van der Waals surface area contributed by atoms with Gasteiger partial charge in [-0.3, -0.25) is 0 Å². The highest BCUT2D eigenvalue weighted by Crippen LogP contribution is 2.24. The molecule has 0 radical (unpaired) electrons. The van der Waals surface area contributed by atoms with E-state index in [1.54, 1.807) is 0 Å². The Kier molecular flexibility index (Phi) is 1.34. The molecule has 0 N–H and O–H groups in total. The molecule has 0 fully saturated rings. The third-order valence-corrected chi connectivity index (χ3v) is 2.26. The minimum atomic E-state index is 1.03. The number of aliphatic imine (C=N–C) groups is 1. The monoisotopic (exact) mass is 148 g/mol. The molecule has 0 saturated heterocycles. The van der Waals surface area contributed by atoms with Crippen LogP contribution in [0.15, 0.2) is 28.4 Å². The Balaban J connectivity index is 2.33. The lowest BCUT2D eigenvalue weighted by atomic mass is 10.2. The van der Waals surface area contributed by atoms with Gasteiger partial charge in [0.1, 0.15) is 5.84 Å². The summed E-state index contributed by atoms with van der Waals surface area (Å²) in [5.41, 5.74) is 2.65. The summed E-state index contributed by atoms with van der Waals surface area (Å²) in [4.78, 5) is 6.66. The largest absolute Gasteiger partial charge is 0.359 e. The molecule has 0 aromatic rings. The molecule has 2 rings (SSSR count). The van der Waals surface area contributed by atoms with Crippen molar-refractivity contribution in [2.75, 3.05) is 13.6 Å². The van der Waals surface area contributed by atoms with E-state index in [9.17, 15) is 0 Å². The smallest absolute Gasteiger partial charge is 0.101 e. The van der Waals surface area contributed by atoms with Gasteiger partial charge < -0.3 is 4.90 Å². The molecule has 1 aliphatic carbocycles. The van der Waals surface area contributed by atoms with Gasteiger partial charge in [0.2, 0.25) is 0 Å². The number of likely N-dealkylation sites (N-methyl/N-ethyl adjacent to an activating group) is 1. The van der Waals surface area contributed by atoms with Crippen molar-refractivity contribution in [2.45, 2.75) is 13.3 Å². The van der Waals surface area contributed by atoms with Crippen LogP contribution < -0.4 is 0 Å². The van der Waals surface area contributed by atoms with Gasteiger partial charge in [-0.05, 0) is 12.5 Å². The van der Waals surface area contributed by atoms with E-state index in [2.05, 4.69) is 36.0 Å². The fourth-order valence-electron chi connectivity index (χ4n) is 1.45. The fraction of sp³-hybridized carbons (Fsp3) is 0.444. The molecule has 0 spiro atoms. The Labute approximate surface area is 66.9 Å². The van der Waals surface area contributed by atoms with Crippen molar-refractivity contribution in [3.63, 3.8) is 0 Å². The van der Waals surface area contributed by atoms with Crippen molar-refractivity contribution in [3.05, 3.63) is 23.4 Å². The van der Waals surface area contributed by atoms with Crippen molar-refractivity contribution < 1.29 is 0 Å². The summed E-state index contributed by atoms with van der Waals surface area (Å²) in [7, 11) is 2.08. The molecule has 11 heavy (non-hydrogen) atoms. The van der Waals surface area contributed by atoms with Crippen LogP contribution >= 0.6 is 0 Å². The molecule has 0 aromatic carbocycles. The van der Waals surface area contributed by atoms with Gasteiger partial charge in [-0.15, -0.1) is 0 Å². The zero-order chi connectivity index (χ0) is 7.84. The summed E-state index contributed by atoms with van der Waals surface area (Å²) in [6.45, 7) is 3.09. The molecule has 2 aliphatic rings. The van der Waals surface area contributed by atoms with Crippen LogP contribution in [-0.2, 0) is 0 Å². The second-order valence-electron chi connectivity index (χ2n) is 3.09.